The van der Waals surface area contributed by atoms with Crippen LogP contribution in [-0.2, 0) is 17.9 Å². The average Bonchev–Trinajstić information content (AvgIpc) is 3.47. The number of nitrogens with one attached hydrogen (secondary N) is 2. The standard InChI is InChI=1S/C20H24N4O2.CH2O2/c25-20-19(13-4-5-13)17(10-22-23-20)24-11-14-2-1-3-18(16(14)12-24)26-15-6-8-21-9-7-15;2-1-3/h1-3,10,13,15,21H,4-9,11-12H2,(H,23,25);1H,(H,2,3). The van der Waals surface area contributed by atoms with Crippen LogP contribution in [0.5, 0.6) is 5.75 Å². The van der Waals surface area contributed by atoms with Crippen molar-refractivity contribution in [3.05, 3.63) is 51.4 Å². The Morgan fingerprint density at radius 1 is 1.17 bits per heavy atom. The minimum absolute atomic E-state index is 0.0351. The molecule has 2 fully saturated rings. The molecule has 3 N–H and O–H groups in total. The summed E-state index contributed by atoms with van der Waals surface area (Å²) < 4.78 is 6.35. The number of rotatable bonds is 4. The average molecular weight is 398 g/mol. The monoisotopic (exact) mass is 398 g/mol. The van der Waals surface area contributed by atoms with E-state index in [-0.39, 0.29) is 12.0 Å². The predicted octanol–water partition coefficient (Wildman–Crippen LogP) is 2.00. The minimum Gasteiger partial charge on any atom is -0.490 e. The number of aromatic amines is 1. The quantitative estimate of drug-likeness (QED) is 0.676. The second-order valence-electron chi connectivity index (χ2n) is 7.69. The molecule has 8 heteroatoms. The van der Waals surface area contributed by atoms with Crippen LogP contribution in [0, 0.1) is 0 Å². The molecule has 1 aromatic carbocycles. The topological polar surface area (TPSA) is 108 Å². The fraction of sp³-hybridized carbons (Fsp3) is 0.476. The SMILES string of the molecule is O=CO.O=c1[nH]ncc(N2Cc3cccc(OC4CCNCC4)c3C2)c1C1CC1. The summed E-state index contributed by atoms with van der Waals surface area (Å²) in [6, 6.07) is 6.33. The molecule has 2 aliphatic heterocycles. The summed E-state index contributed by atoms with van der Waals surface area (Å²) in [7, 11) is 0. The summed E-state index contributed by atoms with van der Waals surface area (Å²) in [6.45, 7) is 3.38. The molecule has 0 unspecified atom stereocenters. The molecule has 0 amide bonds. The third-order valence-electron chi connectivity index (χ3n) is 5.72. The highest BCUT2D eigenvalue weighted by Crippen LogP contribution is 2.44. The number of aromatic nitrogens is 2. The maximum atomic E-state index is 12.3. The smallest absolute Gasteiger partial charge is 0.290 e. The van der Waals surface area contributed by atoms with Gasteiger partial charge in [0.1, 0.15) is 11.9 Å². The Morgan fingerprint density at radius 3 is 2.66 bits per heavy atom. The Kier molecular flexibility index (Phi) is 5.80. The van der Waals surface area contributed by atoms with Crippen LogP contribution < -0.4 is 20.5 Å². The Morgan fingerprint density at radius 2 is 1.93 bits per heavy atom. The van der Waals surface area contributed by atoms with Crippen LogP contribution in [0.3, 0.4) is 0 Å². The highest BCUT2D eigenvalue weighted by molar-refractivity contribution is 5.59. The molecule has 29 heavy (non-hydrogen) atoms. The molecule has 1 saturated carbocycles. The third-order valence-corrected chi connectivity index (χ3v) is 5.72. The molecule has 0 radical (unpaired) electrons. The van der Waals surface area contributed by atoms with E-state index in [0.29, 0.717) is 12.0 Å². The van der Waals surface area contributed by atoms with Crippen molar-refractivity contribution in [3.63, 3.8) is 0 Å². The summed E-state index contributed by atoms with van der Waals surface area (Å²) in [5.41, 5.74) is 4.41. The van der Waals surface area contributed by atoms with E-state index in [1.165, 1.54) is 11.1 Å². The molecule has 1 aromatic heterocycles. The molecular formula is C21H26N4O4. The predicted molar refractivity (Wildman–Crippen MR) is 108 cm³/mol. The summed E-state index contributed by atoms with van der Waals surface area (Å²) in [4.78, 5) is 22.9. The van der Waals surface area contributed by atoms with E-state index in [0.717, 1.165) is 68.9 Å². The molecule has 0 spiro atoms. The van der Waals surface area contributed by atoms with Gasteiger partial charge in [-0.15, -0.1) is 0 Å². The van der Waals surface area contributed by atoms with Gasteiger partial charge in [-0.25, -0.2) is 5.10 Å². The fourth-order valence-electron chi connectivity index (χ4n) is 4.18. The number of piperidine rings is 1. The Labute approximate surface area is 168 Å². The van der Waals surface area contributed by atoms with Gasteiger partial charge in [0.05, 0.1) is 11.9 Å². The summed E-state index contributed by atoms with van der Waals surface area (Å²) in [5, 5.41) is 16.9. The van der Waals surface area contributed by atoms with Gasteiger partial charge in [0, 0.05) is 24.2 Å². The number of benzene rings is 1. The van der Waals surface area contributed by atoms with Crippen LogP contribution in [0.15, 0.2) is 29.2 Å². The number of ether oxygens (including phenoxy) is 1. The first kappa shape index (κ1) is 19.4. The van der Waals surface area contributed by atoms with Crippen molar-refractivity contribution in [1.82, 2.24) is 15.5 Å². The lowest BCUT2D eigenvalue weighted by atomic mass is 10.1. The lowest BCUT2D eigenvalue weighted by Gasteiger charge is -2.25. The number of fused-ring (bicyclic) bond motifs is 1. The summed E-state index contributed by atoms with van der Waals surface area (Å²) >= 11 is 0. The van der Waals surface area contributed by atoms with Crippen LogP contribution >= 0.6 is 0 Å². The Bertz CT molecular complexity index is 919. The maximum absolute atomic E-state index is 12.3. The van der Waals surface area contributed by atoms with E-state index in [4.69, 9.17) is 14.6 Å². The third kappa shape index (κ3) is 4.27. The highest BCUT2D eigenvalue weighted by Gasteiger charge is 2.33. The number of carboxylic acid groups (broad SMARTS) is 1. The van der Waals surface area contributed by atoms with E-state index in [2.05, 4.69) is 38.6 Å². The molecule has 8 nitrogen and oxygen atoms in total. The van der Waals surface area contributed by atoms with Crippen LogP contribution in [0.4, 0.5) is 5.69 Å². The molecule has 2 aromatic rings. The Balaban J connectivity index is 0.000000645. The first-order valence-corrected chi connectivity index (χ1v) is 10.1. The first-order chi connectivity index (χ1) is 14.2. The highest BCUT2D eigenvalue weighted by atomic mass is 16.5. The number of hydrogen-bond acceptors (Lipinski definition) is 6. The van der Waals surface area contributed by atoms with Crippen molar-refractivity contribution in [3.8, 4) is 5.75 Å². The molecule has 0 bridgehead atoms. The first-order valence-electron chi connectivity index (χ1n) is 10.1. The number of hydrogen-bond donors (Lipinski definition) is 3. The van der Waals surface area contributed by atoms with Gasteiger partial charge in [0.25, 0.3) is 12.0 Å². The summed E-state index contributed by atoms with van der Waals surface area (Å²) in [5.74, 6) is 1.40. The maximum Gasteiger partial charge on any atom is 0.290 e. The molecule has 5 rings (SSSR count). The largest absolute Gasteiger partial charge is 0.490 e. The zero-order valence-corrected chi connectivity index (χ0v) is 16.3. The van der Waals surface area contributed by atoms with E-state index in [9.17, 15) is 4.79 Å². The van der Waals surface area contributed by atoms with Gasteiger partial charge in [-0.2, -0.15) is 5.10 Å². The van der Waals surface area contributed by atoms with Gasteiger partial charge in [0.15, 0.2) is 0 Å². The van der Waals surface area contributed by atoms with Gasteiger partial charge in [-0.1, -0.05) is 12.1 Å². The van der Waals surface area contributed by atoms with Crippen molar-refractivity contribution >= 4 is 12.2 Å². The molecule has 3 heterocycles. The van der Waals surface area contributed by atoms with Gasteiger partial charge in [-0.05, 0) is 56.3 Å². The normalized spacial score (nSPS) is 18.6. The Hall–Kier alpha value is -2.87. The number of anilines is 1. The lowest BCUT2D eigenvalue weighted by Crippen LogP contribution is -2.34. The van der Waals surface area contributed by atoms with Gasteiger partial charge in [-0.3, -0.25) is 9.59 Å². The number of nitrogens with zero attached hydrogens (tertiary/aromatic N) is 2. The van der Waals surface area contributed by atoms with Crippen molar-refractivity contribution < 1.29 is 14.6 Å². The second kappa shape index (κ2) is 8.65. The second-order valence-corrected chi connectivity index (χ2v) is 7.69. The van der Waals surface area contributed by atoms with E-state index in [1.54, 1.807) is 0 Å². The van der Waals surface area contributed by atoms with Gasteiger partial charge >= 0.3 is 0 Å². The zero-order chi connectivity index (χ0) is 20.2. The molecule has 1 saturated heterocycles. The minimum atomic E-state index is -0.250. The lowest BCUT2D eigenvalue weighted by molar-refractivity contribution is -0.122. The molecule has 3 aliphatic rings. The summed E-state index contributed by atoms with van der Waals surface area (Å²) in [6.07, 6.45) is 6.42. The van der Waals surface area contributed by atoms with Crippen molar-refractivity contribution in [2.24, 2.45) is 0 Å². The zero-order valence-electron chi connectivity index (χ0n) is 16.3. The van der Waals surface area contributed by atoms with Crippen LogP contribution in [0.1, 0.15) is 48.3 Å². The van der Waals surface area contributed by atoms with Gasteiger partial charge in [0.2, 0.25) is 0 Å². The molecular weight excluding hydrogens is 372 g/mol. The van der Waals surface area contributed by atoms with Crippen LogP contribution in [-0.4, -0.2) is 41.0 Å². The van der Waals surface area contributed by atoms with Gasteiger partial charge < -0.3 is 20.1 Å². The van der Waals surface area contributed by atoms with Crippen molar-refractivity contribution in [2.45, 2.75) is 50.8 Å². The van der Waals surface area contributed by atoms with E-state index in [1.807, 2.05) is 6.20 Å². The molecule has 1 aliphatic carbocycles. The fourth-order valence-corrected chi connectivity index (χ4v) is 4.18. The van der Waals surface area contributed by atoms with Crippen LogP contribution in [0.2, 0.25) is 0 Å². The molecule has 0 atom stereocenters. The van der Waals surface area contributed by atoms with E-state index >= 15 is 0 Å². The number of carbonyl (C=O) groups is 1. The van der Waals surface area contributed by atoms with Crippen molar-refractivity contribution in [1.29, 1.82) is 0 Å². The molecule has 154 valence electrons. The van der Waals surface area contributed by atoms with Crippen LogP contribution in [0.25, 0.3) is 0 Å². The number of H-pyrrole nitrogens is 1. The van der Waals surface area contributed by atoms with Crippen molar-refractivity contribution in [2.75, 3.05) is 18.0 Å². The van der Waals surface area contributed by atoms with E-state index < -0.39 is 0 Å².